The molecule has 0 saturated heterocycles. The topological polar surface area (TPSA) is 66.8 Å². The molecule has 104 valence electrons. The highest BCUT2D eigenvalue weighted by atomic mass is 79.9. The first-order valence-electron chi connectivity index (χ1n) is 5.76. The summed E-state index contributed by atoms with van der Waals surface area (Å²) in [6.07, 6.45) is 0.817. The number of nitrogens with zero attached hydrogens (tertiary/aromatic N) is 1. The zero-order chi connectivity index (χ0) is 14.4. The van der Waals surface area contributed by atoms with Crippen LogP contribution in [0.1, 0.15) is 23.2 Å². The molecule has 1 N–H and O–H groups in total. The fraction of sp³-hybridized carbons (Fsp3) is 0.385. The van der Waals surface area contributed by atoms with Crippen LogP contribution in [-0.2, 0) is 9.53 Å². The predicted octanol–water partition coefficient (Wildman–Crippen LogP) is 2.18. The molecule has 0 spiro atoms. The van der Waals surface area contributed by atoms with Crippen molar-refractivity contribution in [3.05, 3.63) is 28.2 Å². The molecule has 0 fully saturated rings. The molecule has 0 aliphatic heterocycles. The number of amides is 1. The first kappa shape index (κ1) is 15.5. The lowest BCUT2D eigenvalue weighted by molar-refractivity contribution is -0.140. The lowest BCUT2D eigenvalue weighted by Crippen LogP contribution is -2.28. The van der Waals surface area contributed by atoms with Gasteiger partial charge in [0.2, 0.25) is 0 Å². The van der Waals surface area contributed by atoms with Crippen molar-refractivity contribution in [3.63, 3.8) is 0 Å². The molecule has 1 aromatic carbocycles. The summed E-state index contributed by atoms with van der Waals surface area (Å²) in [5.74, 6) is -0.469. The molecule has 0 heterocycles. The van der Waals surface area contributed by atoms with Crippen molar-refractivity contribution in [1.82, 2.24) is 4.90 Å². The Bertz CT molecular complexity index is 476. The highest BCUT2D eigenvalue weighted by Gasteiger charge is 2.13. The van der Waals surface area contributed by atoms with E-state index in [-0.39, 0.29) is 24.0 Å². The fourth-order valence-corrected chi connectivity index (χ4v) is 1.78. The summed E-state index contributed by atoms with van der Waals surface area (Å²) >= 11 is 3.16. The SMILES string of the molecule is COC(=O)CCCN(C)C(=O)c1ccc(Br)c(O)c1. The Hall–Kier alpha value is -1.56. The van der Waals surface area contributed by atoms with Crippen LogP contribution in [0, 0.1) is 0 Å². The lowest BCUT2D eigenvalue weighted by Gasteiger charge is -2.17. The maximum absolute atomic E-state index is 12.0. The third-order valence-electron chi connectivity index (χ3n) is 2.64. The largest absolute Gasteiger partial charge is 0.507 e. The minimum atomic E-state index is -0.290. The van der Waals surface area contributed by atoms with Gasteiger partial charge in [-0.1, -0.05) is 0 Å². The summed E-state index contributed by atoms with van der Waals surface area (Å²) < 4.78 is 5.06. The standard InChI is InChI=1S/C13H16BrNO4/c1-15(7-3-4-12(17)19-2)13(18)9-5-6-10(14)11(16)8-9/h5-6,8,16H,3-4,7H2,1-2H3. The van der Waals surface area contributed by atoms with E-state index in [1.165, 1.54) is 18.1 Å². The number of methoxy groups -OCH3 is 1. The van der Waals surface area contributed by atoms with E-state index < -0.39 is 0 Å². The highest BCUT2D eigenvalue weighted by molar-refractivity contribution is 9.10. The van der Waals surface area contributed by atoms with Crippen molar-refractivity contribution in [2.45, 2.75) is 12.8 Å². The Morgan fingerprint density at radius 3 is 2.68 bits per heavy atom. The van der Waals surface area contributed by atoms with Gasteiger partial charge in [-0.15, -0.1) is 0 Å². The van der Waals surface area contributed by atoms with Crippen LogP contribution in [0.4, 0.5) is 0 Å². The normalized spacial score (nSPS) is 10.1. The van der Waals surface area contributed by atoms with E-state index in [0.717, 1.165) is 0 Å². The Balaban J connectivity index is 2.56. The van der Waals surface area contributed by atoms with Crippen molar-refractivity contribution < 1.29 is 19.4 Å². The second-order valence-electron chi connectivity index (χ2n) is 4.07. The molecule has 6 heteroatoms. The first-order valence-corrected chi connectivity index (χ1v) is 6.55. The number of hydrogen-bond donors (Lipinski definition) is 1. The number of carbonyl (C=O) groups excluding carboxylic acids is 2. The van der Waals surface area contributed by atoms with E-state index in [1.54, 1.807) is 19.2 Å². The van der Waals surface area contributed by atoms with Crippen LogP contribution in [0.2, 0.25) is 0 Å². The second kappa shape index (κ2) is 7.13. The maximum atomic E-state index is 12.0. The number of phenolic OH excluding ortho intramolecular Hbond substituents is 1. The molecule has 0 aliphatic carbocycles. The van der Waals surface area contributed by atoms with Crippen LogP contribution in [0.15, 0.2) is 22.7 Å². The number of hydrogen-bond acceptors (Lipinski definition) is 4. The van der Waals surface area contributed by atoms with Crippen LogP contribution in [-0.4, -0.2) is 42.6 Å². The van der Waals surface area contributed by atoms with Gasteiger partial charge in [-0.05, 0) is 40.5 Å². The molecular weight excluding hydrogens is 314 g/mol. The first-order chi connectivity index (χ1) is 8.95. The van der Waals surface area contributed by atoms with Gasteiger partial charge in [-0.3, -0.25) is 9.59 Å². The summed E-state index contributed by atoms with van der Waals surface area (Å²) in [5, 5.41) is 9.53. The fourth-order valence-electron chi connectivity index (χ4n) is 1.53. The molecule has 1 amide bonds. The van der Waals surface area contributed by atoms with Crippen molar-refractivity contribution in [2.24, 2.45) is 0 Å². The van der Waals surface area contributed by atoms with E-state index in [1.807, 2.05) is 0 Å². The smallest absolute Gasteiger partial charge is 0.305 e. The molecule has 0 saturated carbocycles. The number of halogens is 1. The van der Waals surface area contributed by atoms with Gasteiger partial charge < -0.3 is 14.7 Å². The minimum absolute atomic E-state index is 0.0220. The highest BCUT2D eigenvalue weighted by Crippen LogP contribution is 2.24. The Morgan fingerprint density at radius 1 is 1.42 bits per heavy atom. The van der Waals surface area contributed by atoms with Crippen molar-refractivity contribution >= 4 is 27.8 Å². The van der Waals surface area contributed by atoms with Crippen molar-refractivity contribution in [2.75, 3.05) is 20.7 Å². The summed E-state index contributed by atoms with van der Waals surface area (Å²) in [7, 11) is 2.99. The van der Waals surface area contributed by atoms with Gasteiger partial charge in [0.25, 0.3) is 5.91 Å². The molecule has 0 aliphatic rings. The van der Waals surface area contributed by atoms with Crippen LogP contribution >= 0.6 is 15.9 Å². The molecule has 19 heavy (non-hydrogen) atoms. The Morgan fingerprint density at radius 2 is 2.11 bits per heavy atom. The number of carbonyl (C=O) groups is 2. The number of benzene rings is 1. The van der Waals surface area contributed by atoms with Gasteiger partial charge in [0.1, 0.15) is 5.75 Å². The van der Waals surface area contributed by atoms with Crippen LogP contribution in [0.3, 0.4) is 0 Å². The Kier molecular flexibility index (Phi) is 5.82. The zero-order valence-corrected chi connectivity index (χ0v) is 12.4. The summed E-state index contributed by atoms with van der Waals surface area (Å²) in [4.78, 5) is 24.5. The zero-order valence-electron chi connectivity index (χ0n) is 10.9. The average Bonchev–Trinajstić information content (AvgIpc) is 2.40. The van der Waals surface area contributed by atoms with E-state index in [4.69, 9.17) is 0 Å². The molecule has 0 bridgehead atoms. The number of phenols is 1. The quantitative estimate of drug-likeness (QED) is 0.841. The van der Waals surface area contributed by atoms with Crippen molar-refractivity contribution in [1.29, 1.82) is 0 Å². The third kappa shape index (κ3) is 4.55. The number of esters is 1. The van der Waals surface area contributed by atoms with E-state index in [0.29, 0.717) is 23.0 Å². The summed E-state index contributed by atoms with van der Waals surface area (Å²) in [6, 6.07) is 4.65. The molecule has 0 unspecified atom stereocenters. The third-order valence-corrected chi connectivity index (χ3v) is 3.31. The lowest BCUT2D eigenvalue weighted by atomic mass is 10.2. The second-order valence-corrected chi connectivity index (χ2v) is 4.93. The average molecular weight is 330 g/mol. The van der Waals surface area contributed by atoms with Gasteiger partial charge in [0.15, 0.2) is 0 Å². The van der Waals surface area contributed by atoms with Gasteiger partial charge in [-0.25, -0.2) is 0 Å². The summed E-state index contributed by atoms with van der Waals surface area (Å²) in [5.41, 5.74) is 0.404. The van der Waals surface area contributed by atoms with Crippen LogP contribution in [0.5, 0.6) is 5.75 Å². The molecule has 5 nitrogen and oxygen atoms in total. The summed E-state index contributed by atoms with van der Waals surface area (Å²) in [6.45, 7) is 0.449. The molecular formula is C13H16BrNO4. The molecule has 0 radical (unpaired) electrons. The van der Waals surface area contributed by atoms with E-state index in [2.05, 4.69) is 20.7 Å². The molecule has 1 aromatic rings. The molecule has 1 rings (SSSR count). The number of ether oxygens (including phenoxy) is 1. The van der Waals surface area contributed by atoms with E-state index in [9.17, 15) is 14.7 Å². The van der Waals surface area contributed by atoms with Gasteiger partial charge in [0, 0.05) is 25.6 Å². The molecule has 0 atom stereocenters. The van der Waals surface area contributed by atoms with Gasteiger partial charge in [0.05, 0.1) is 11.6 Å². The van der Waals surface area contributed by atoms with Crippen LogP contribution in [0.25, 0.3) is 0 Å². The Labute approximate surface area is 120 Å². The number of rotatable bonds is 5. The van der Waals surface area contributed by atoms with Crippen molar-refractivity contribution in [3.8, 4) is 5.75 Å². The minimum Gasteiger partial charge on any atom is -0.507 e. The maximum Gasteiger partial charge on any atom is 0.305 e. The number of aromatic hydroxyl groups is 1. The monoisotopic (exact) mass is 329 g/mol. The van der Waals surface area contributed by atoms with Gasteiger partial charge in [-0.2, -0.15) is 0 Å². The van der Waals surface area contributed by atoms with E-state index >= 15 is 0 Å². The molecule has 0 aromatic heterocycles. The van der Waals surface area contributed by atoms with Crippen LogP contribution < -0.4 is 0 Å². The predicted molar refractivity (Wildman–Crippen MR) is 74.0 cm³/mol. The van der Waals surface area contributed by atoms with Gasteiger partial charge >= 0.3 is 5.97 Å².